The summed E-state index contributed by atoms with van der Waals surface area (Å²) in [6, 6.07) is -0.910. The van der Waals surface area contributed by atoms with E-state index in [1.54, 1.807) is 6.08 Å². The number of hydrogen-bond acceptors (Lipinski definition) is 13. The van der Waals surface area contributed by atoms with Gasteiger partial charge in [-0.1, -0.05) is 315 Å². The smallest absolute Gasteiger partial charge is 0.220 e. The lowest BCUT2D eigenvalue weighted by molar-refractivity contribution is -0.359. The van der Waals surface area contributed by atoms with Crippen molar-refractivity contribution in [2.75, 3.05) is 19.8 Å². The zero-order valence-corrected chi connectivity index (χ0v) is 53.5. The maximum absolute atomic E-state index is 13.3. The number of carbonyl (C=O) groups excluding carboxylic acids is 1. The second kappa shape index (κ2) is 54.8. The molecule has 0 aromatic carbocycles. The van der Waals surface area contributed by atoms with E-state index in [0.29, 0.717) is 6.42 Å². The fourth-order valence-electron chi connectivity index (χ4n) is 12.1. The molecule has 0 aromatic heterocycles. The van der Waals surface area contributed by atoms with Crippen LogP contribution in [-0.4, -0.2) is 140 Å². The minimum Gasteiger partial charge on any atom is -0.394 e. The number of rotatable bonds is 59. The van der Waals surface area contributed by atoms with Crippen molar-refractivity contribution in [1.82, 2.24) is 5.32 Å². The van der Waals surface area contributed by atoms with Crippen molar-refractivity contribution in [1.29, 1.82) is 0 Å². The van der Waals surface area contributed by atoms with Gasteiger partial charge in [0.05, 0.1) is 32.0 Å². The van der Waals surface area contributed by atoms with Gasteiger partial charge in [0.25, 0.3) is 0 Å². The van der Waals surface area contributed by atoms with Crippen molar-refractivity contribution in [2.24, 2.45) is 0 Å². The van der Waals surface area contributed by atoms with Gasteiger partial charge in [0.2, 0.25) is 5.91 Å². The molecule has 0 aromatic rings. The summed E-state index contributed by atoms with van der Waals surface area (Å²) < 4.78 is 22.8. The summed E-state index contributed by atoms with van der Waals surface area (Å²) in [7, 11) is 0. The van der Waals surface area contributed by atoms with Gasteiger partial charge in [0, 0.05) is 6.42 Å². The summed E-state index contributed by atoms with van der Waals surface area (Å²) in [5, 5.41) is 87.3. The third kappa shape index (κ3) is 39.4. The molecule has 83 heavy (non-hydrogen) atoms. The predicted molar refractivity (Wildman–Crippen MR) is 337 cm³/mol. The molecule has 0 radical (unpaired) electrons. The van der Waals surface area contributed by atoms with E-state index in [1.165, 1.54) is 263 Å². The normalized spacial score (nSPS) is 23.8. The molecule has 2 fully saturated rings. The summed E-state index contributed by atoms with van der Waals surface area (Å²) >= 11 is 0. The molecule has 12 unspecified atom stereocenters. The van der Waals surface area contributed by atoms with Gasteiger partial charge in [-0.05, 0) is 19.3 Å². The maximum Gasteiger partial charge on any atom is 0.220 e. The zero-order valence-electron chi connectivity index (χ0n) is 53.5. The number of carbonyl (C=O) groups is 1. The molecule has 2 aliphatic rings. The van der Waals surface area contributed by atoms with Crippen LogP contribution in [0.15, 0.2) is 12.2 Å². The van der Waals surface area contributed by atoms with Gasteiger partial charge in [-0.25, -0.2) is 0 Å². The maximum atomic E-state index is 13.3. The number of unbranched alkanes of at least 4 members (excludes halogenated alkanes) is 46. The van der Waals surface area contributed by atoms with E-state index in [2.05, 4.69) is 19.2 Å². The molecule has 14 heteroatoms. The van der Waals surface area contributed by atoms with Gasteiger partial charge in [0.15, 0.2) is 12.6 Å². The van der Waals surface area contributed by atoms with Gasteiger partial charge in [0.1, 0.15) is 48.8 Å². The minimum absolute atomic E-state index is 0.231. The van der Waals surface area contributed by atoms with Crippen LogP contribution in [0.1, 0.15) is 328 Å². The first-order valence-electron chi connectivity index (χ1n) is 35.4. The largest absolute Gasteiger partial charge is 0.394 e. The second-order valence-corrected chi connectivity index (χ2v) is 25.4. The number of ether oxygens (including phenoxy) is 4. The van der Waals surface area contributed by atoms with Crippen LogP contribution in [0, 0.1) is 0 Å². The Hall–Kier alpha value is -1.27. The van der Waals surface area contributed by atoms with Crippen LogP contribution in [0.5, 0.6) is 0 Å². The Labute approximate surface area is 507 Å². The van der Waals surface area contributed by atoms with Crippen molar-refractivity contribution < 1.29 is 64.6 Å². The van der Waals surface area contributed by atoms with E-state index >= 15 is 0 Å². The molecule has 2 heterocycles. The zero-order chi connectivity index (χ0) is 60.2. The summed E-state index contributed by atoms with van der Waals surface area (Å²) in [5.41, 5.74) is 0. The number of amides is 1. The molecule has 2 rings (SSSR count). The Morgan fingerprint density at radius 1 is 0.422 bits per heavy atom. The molecule has 12 atom stereocenters. The lowest BCUT2D eigenvalue weighted by Crippen LogP contribution is -2.65. The summed E-state index contributed by atoms with van der Waals surface area (Å²) in [5.74, 6) is -0.231. The minimum atomic E-state index is -1.79. The fraction of sp³-hybridized carbons (Fsp3) is 0.957. The van der Waals surface area contributed by atoms with E-state index in [9.17, 15) is 45.6 Å². The van der Waals surface area contributed by atoms with Gasteiger partial charge in [-0.2, -0.15) is 0 Å². The van der Waals surface area contributed by atoms with Crippen LogP contribution in [0.2, 0.25) is 0 Å². The van der Waals surface area contributed by atoms with Crippen LogP contribution in [0.3, 0.4) is 0 Å². The lowest BCUT2D eigenvalue weighted by atomic mass is 9.97. The molecule has 0 bridgehead atoms. The van der Waals surface area contributed by atoms with E-state index in [-0.39, 0.29) is 18.9 Å². The summed E-state index contributed by atoms with van der Waals surface area (Å²) in [6.45, 7) is 2.85. The quantitative estimate of drug-likeness (QED) is 0.0204. The Morgan fingerprint density at radius 3 is 1.11 bits per heavy atom. The highest BCUT2D eigenvalue weighted by Crippen LogP contribution is 2.30. The molecule has 1 amide bonds. The molecule has 0 spiro atoms. The van der Waals surface area contributed by atoms with Crippen LogP contribution < -0.4 is 5.32 Å². The third-order valence-electron chi connectivity index (χ3n) is 17.7. The Kier molecular flexibility index (Phi) is 51.4. The van der Waals surface area contributed by atoms with E-state index < -0.39 is 86.8 Å². The molecule has 2 saturated heterocycles. The standard InChI is InChI=1S/C69H133NO13/c1-3-5-7-9-11-13-15-17-19-21-22-23-24-25-26-27-28-29-30-31-32-33-34-35-37-39-41-43-45-47-49-51-53-61(74)70-57(58(73)52-50-48-46-44-42-40-38-36-20-18-16-14-12-10-8-6-4-2)56-80-68-66(79)64(77)67(60(55-72)82-68)83-69-65(78)63(76)62(75)59(54-71)81-69/h50,52,57-60,62-69,71-73,75-79H,3-49,51,53-56H2,1-2H3,(H,70,74)/b52-50+. The average Bonchev–Trinajstić information content (AvgIpc) is 3.59. The Balaban J connectivity index is 1.62. The van der Waals surface area contributed by atoms with Crippen molar-refractivity contribution >= 4 is 5.91 Å². The highest BCUT2D eigenvalue weighted by molar-refractivity contribution is 5.76. The number of aliphatic hydroxyl groups is 8. The monoisotopic (exact) mass is 1180 g/mol. The first-order chi connectivity index (χ1) is 40.6. The third-order valence-corrected chi connectivity index (χ3v) is 17.7. The van der Waals surface area contributed by atoms with E-state index in [1.807, 2.05) is 6.08 Å². The molecule has 0 saturated carbocycles. The Morgan fingerprint density at radius 2 is 0.747 bits per heavy atom. The number of hydrogen-bond donors (Lipinski definition) is 9. The molecule has 9 N–H and O–H groups in total. The van der Waals surface area contributed by atoms with Gasteiger partial charge < -0.3 is 65.1 Å². The average molecular weight is 1180 g/mol. The summed E-state index contributed by atoms with van der Waals surface area (Å²) in [6.07, 6.45) is 50.0. The van der Waals surface area contributed by atoms with Crippen molar-refractivity contribution in [3.8, 4) is 0 Å². The van der Waals surface area contributed by atoms with E-state index in [0.717, 1.165) is 38.5 Å². The van der Waals surface area contributed by atoms with Crippen molar-refractivity contribution in [3.05, 3.63) is 12.2 Å². The molecule has 2 aliphatic heterocycles. The van der Waals surface area contributed by atoms with Crippen LogP contribution >= 0.6 is 0 Å². The topological polar surface area (TPSA) is 228 Å². The van der Waals surface area contributed by atoms with Crippen LogP contribution in [0.25, 0.3) is 0 Å². The van der Waals surface area contributed by atoms with Crippen LogP contribution in [0.4, 0.5) is 0 Å². The molecular formula is C69H133NO13. The molecule has 492 valence electrons. The highest BCUT2D eigenvalue weighted by atomic mass is 16.7. The van der Waals surface area contributed by atoms with Gasteiger partial charge in [-0.15, -0.1) is 0 Å². The van der Waals surface area contributed by atoms with E-state index in [4.69, 9.17) is 18.9 Å². The SMILES string of the molecule is CCCCCCCCCCCCCCCCC/C=C/C(O)C(COC1OC(CO)C(OC2OC(CO)C(O)C(O)C2O)C(O)C1O)NC(=O)CCCCCCCCCCCCCCCCCCCCCCCCCCCCCCCCCC. The molecular weight excluding hydrogens is 1050 g/mol. The predicted octanol–water partition coefficient (Wildman–Crippen LogP) is 14.2. The fourth-order valence-corrected chi connectivity index (χ4v) is 12.1. The van der Waals surface area contributed by atoms with Crippen molar-refractivity contribution in [3.63, 3.8) is 0 Å². The molecule has 0 aliphatic carbocycles. The highest BCUT2D eigenvalue weighted by Gasteiger charge is 2.51. The molecule has 14 nitrogen and oxygen atoms in total. The van der Waals surface area contributed by atoms with Gasteiger partial charge >= 0.3 is 0 Å². The lowest BCUT2D eigenvalue weighted by Gasteiger charge is -2.46. The van der Waals surface area contributed by atoms with Crippen LogP contribution in [-0.2, 0) is 23.7 Å². The number of aliphatic hydroxyl groups excluding tert-OH is 8. The second-order valence-electron chi connectivity index (χ2n) is 25.4. The summed E-state index contributed by atoms with van der Waals surface area (Å²) in [4.78, 5) is 13.3. The number of allylic oxidation sites excluding steroid dienone is 1. The first-order valence-corrected chi connectivity index (χ1v) is 35.4. The van der Waals surface area contributed by atoms with Gasteiger partial charge in [-0.3, -0.25) is 4.79 Å². The first kappa shape index (κ1) is 77.8. The number of nitrogens with one attached hydrogen (secondary N) is 1. The van der Waals surface area contributed by atoms with Crippen molar-refractivity contribution in [2.45, 2.75) is 402 Å². The Bertz CT molecular complexity index is 1440.